The Morgan fingerprint density at radius 3 is 1.16 bits per heavy atom. The zero-order chi connectivity index (χ0) is 47.1. The largest absolute Gasteiger partial charge is 0.472 e. The number of rotatable bonds is 52. The second-order valence-corrected chi connectivity index (χ2v) is 22.1. The van der Waals surface area contributed by atoms with Gasteiger partial charge >= 0.3 is 7.82 Å². The van der Waals surface area contributed by atoms with Crippen molar-refractivity contribution in [2.24, 2.45) is 0 Å². The summed E-state index contributed by atoms with van der Waals surface area (Å²) in [4.78, 5) is 23.1. The predicted molar refractivity (Wildman–Crippen MR) is 277 cm³/mol. The van der Waals surface area contributed by atoms with Crippen molar-refractivity contribution < 1.29 is 32.9 Å². The molecule has 382 valence electrons. The molecule has 3 atom stereocenters. The van der Waals surface area contributed by atoms with Gasteiger partial charge in [-0.05, 0) is 19.3 Å². The normalized spacial score (nSPS) is 14.0. The molecular formula is C55H112N2O6P+. The lowest BCUT2D eigenvalue weighted by molar-refractivity contribution is -0.870. The van der Waals surface area contributed by atoms with Crippen LogP contribution in [0.25, 0.3) is 0 Å². The van der Waals surface area contributed by atoms with E-state index in [9.17, 15) is 19.4 Å². The van der Waals surface area contributed by atoms with E-state index >= 15 is 0 Å². The quantitative estimate of drug-likeness (QED) is 0.0243. The molecule has 0 aromatic carbocycles. The summed E-state index contributed by atoms with van der Waals surface area (Å²) < 4.78 is 23.6. The van der Waals surface area contributed by atoms with Gasteiger partial charge in [0, 0.05) is 6.42 Å². The number of quaternary nitrogens is 1. The van der Waals surface area contributed by atoms with Crippen LogP contribution in [0.4, 0.5) is 0 Å². The van der Waals surface area contributed by atoms with Crippen molar-refractivity contribution in [3.63, 3.8) is 0 Å². The van der Waals surface area contributed by atoms with E-state index in [0.29, 0.717) is 17.4 Å². The third-order valence-corrected chi connectivity index (χ3v) is 14.0. The molecule has 0 bridgehead atoms. The summed E-state index contributed by atoms with van der Waals surface area (Å²) in [6.45, 7) is 4.82. The third kappa shape index (κ3) is 49.2. The van der Waals surface area contributed by atoms with Gasteiger partial charge in [-0.2, -0.15) is 0 Å². The van der Waals surface area contributed by atoms with Crippen molar-refractivity contribution in [1.82, 2.24) is 5.32 Å². The van der Waals surface area contributed by atoms with Gasteiger partial charge in [-0.1, -0.05) is 270 Å². The number of unbranched alkanes of at least 4 members (excludes halogenated alkanes) is 39. The number of aliphatic hydroxyl groups excluding tert-OH is 1. The molecule has 3 unspecified atom stereocenters. The van der Waals surface area contributed by atoms with E-state index in [1.54, 1.807) is 6.08 Å². The minimum absolute atomic E-state index is 0.0644. The number of nitrogens with one attached hydrogen (secondary N) is 1. The number of nitrogens with zero attached hydrogens (tertiary/aromatic N) is 1. The highest BCUT2D eigenvalue weighted by Crippen LogP contribution is 2.43. The lowest BCUT2D eigenvalue weighted by atomic mass is 10.0. The molecule has 3 N–H and O–H groups in total. The Bertz CT molecular complexity index is 1050. The molecule has 0 saturated heterocycles. The molecule has 0 heterocycles. The van der Waals surface area contributed by atoms with Gasteiger partial charge in [0.15, 0.2) is 0 Å². The predicted octanol–water partition coefficient (Wildman–Crippen LogP) is 16.7. The molecular weight excluding hydrogens is 816 g/mol. The Balaban J connectivity index is 3.86. The third-order valence-electron chi connectivity index (χ3n) is 13.0. The average Bonchev–Trinajstić information content (AvgIpc) is 3.25. The van der Waals surface area contributed by atoms with Gasteiger partial charge in [-0.3, -0.25) is 13.8 Å². The van der Waals surface area contributed by atoms with E-state index in [0.717, 1.165) is 38.5 Å². The summed E-state index contributed by atoms with van der Waals surface area (Å²) >= 11 is 0. The first-order chi connectivity index (χ1) is 31.0. The Labute approximate surface area is 399 Å². The lowest BCUT2D eigenvalue weighted by Gasteiger charge is -2.25. The van der Waals surface area contributed by atoms with Crippen LogP contribution in [0.3, 0.4) is 0 Å². The second-order valence-electron chi connectivity index (χ2n) is 20.7. The Morgan fingerprint density at radius 2 is 0.828 bits per heavy atom. The van der Waals surface area contributed by atoms with Crippen LogP contribution < -0.4 is 5.32 Å². The fourth-order valence-electron chi connectivity index (χ4n) is 8.57. The molecule has 0 spiro atoms. The minimum Gasteiger partial charge on any atom is -0.387 e. The van der Waals surface area contributed by atoms with Crippen molar-refractivity contribution in [3.8, 4) is 0 Å². The molecule has 0 radical (unpaired) electrons. The van der Waals surface area contributed by atoms with Crippen LogP contribution in [-0.4, -0.2) is 73.4 Å². The lowest BCUT2D eigenvalue weighted by Crippen LogP contribution is -2.45. The monoisotopic (exact) mass is 928 g/mol. The number of hydrogen-bond donors (Lipinski definition) is 3. The molecule has 0 aliphatic carbocycles. The maximum Gasteiger partial charge on any atom is 0.472 e. The molecule has 64 heavy (non-hydrogen) atoms. The van der Waals surface area contributed by atoms with Gasteiger partial charge in [0.05, 0.1) is 39.9 Å². The molecule has 0 rings (SSSR count). The molecule has 0 aliphatic rings. The zero-order valence-corrected chi connectivity index (χ0v) is 44.4. The minimum atomic E-state index is -4.33. The average molecular weight is 928 g/mol. The van der Waals surface area contributed by atoms with Crippen LogP contribution in [0, 0.1) is 0 Å². The van der Waals surface area contributed by atoms with Crippen LogP contribution in [0.2, 0.25) is 0 Å². The maximum absolute atomic E-state index is 12.9. The van der Waals surface area contributed by atoms with Crippen molar-refractivity contribution >= 4 is 13.7 Å². The van der Waals surface area contributed by atoms with Crippen molar-refractivity contribution in [2.75, 3.05) is 40.9 Å². The van der Waals surface area contributed by atoms with Crippen molar-refractivity contribution in [1.29, 1.82) is 0 Å². The molecule has 0 fully saturated rings. The van der Waals surface area contributed by atoms with E-state index in [1.165, 1.54) is 225 Å². The van der Waals surface area contributed by atoms with Crippen LogP contribution in [0.1, 0.15) is 284 Å². The summed E-state index contributed by atoms with van der Waals surface area (Å²) in [6.07, 6.45) is 57.7. The molecule has 8 nitrogen and oxygen atoms in total. The van der Waals surface area contributed by atoms with E-state index in [4.69, 9.17) is 9.05 Å². The maximum atomic E-state index is 12.9. The van der Waals surface area contributed by atoms with Crippen LogP contribution in [0.5, 0.6) is 0 Å². The summed E-state index contributed by atoms with van der Waals surface area (Å²) in [5.41, 5.74) is 0. The number of aliphatic hydroxyl groups is 1. The number of amides is 1. The van der Waals surface area contributed by atoms with Gasteiger partial charge in [-0.25, -0.2) is 4.57 Å². The first kappa shape index (κ1) is 63.2. The highest BCUT2D eigenvalue weighted by molar-refractivity contribution is 7.47. The number of allylic oxidation sites excluding steroid dienone is 1. The topological polar surface area (TPSA) is 105 Å². The zero-order valence-electron chi connectivity index (χ0n) is 43.6. The number of carbonyl (C=O) groups excluding carboxylic acids is 1. The molecule has 0 aromatic heterocycles. The number of hydrogen-bond acceptors (Lipinski definition) is 5. The number of likely N-dealkylation sites (N-methyl/N-ethyl adjacent to an activating group) is 1. The Kier molecular flexibility index (Phi) is 46.8. The fraction of sp³-hybridized carbons (Fsp3) is 0.945. The van der Waals surface area contributed by atoms with Crippen molar-refractivity contribution in [2.45, 2.75) is 296 Å². The van der Waals surface area contributed by atoms with Crippen molar-refractivity contribution in [3.05, 3.63) is 12.2 Å². The highest BCUT2D eigenvalue weighted by atomic mass is 31.2. The molecule has 9 heteroatoms. The number of carbonyl (C=O) groups is 1. The molecule has 0 aromatic rings. The second kappa shape index (κ2) is 47.3. The van der Waals surface area contributed by atoms with E-state index in [1.807, 2.05) is 27.2 Å². The van der Waals surface area contributed by atoms with Gasteiger partial charge in [0.25, 0.3) is 0 Å². The van der Waals surface area contributed by atoms with Gasteiger partial charge in [0.2, 0.25) is 5.91 Å². The molecule has 1 amide bonds. The Morgan fingerprint density at radius 1 is 0.516 bits per heavy atom. The Hall–Kier alpha value is -0.760. The summed E-state index contributed by atoms with van der Waals surface area (Å²) in [6, 6.07) is -0.839. The van der Waals surface area contributed by atoms with Gasteiger partial charge < -0.3 is 19.8 Å². The molecule has 0 aliphatic heterocycles. The summed E-state index contributed by atoms with van der Waals surface area (Å²) in [7, 11) is 1.58. The number of phosphoric acid groups is 1. The highest BCUT2D eigenvalue weighted by Gasteiger charge is 2.27. The fourth-order valence-corrected chi connectivity index (χ4v) is 9.31. The summed E-state index contributed by atoms with van der Waals surface area (Å²) in [5.74, 6) is -0.174. The van der Waals surface area contributed by atoms with Crippen LogP contribution in [-0.2, 0) is 18.4 Å². The van der Waals surface area contributed by atoms with E-state index in [2.05, 4.69) is 19.2 Å². The molecule has 0 saturated carbocycles. The summed E-state index contributed by atoms with van der Waals surface area (Å²) in [5, 5.41) is 13.8. The van der Waals surface area contributed by atoms with E-state index in [-0.39, 0.29) is 19.1 Å². The van der Waals surface area contributed by atoms with E-state index < -0.39 is 20.0 Å². The first-order valence-corrected chi connectivity index (χ1v) is 29.6. The standard InChI is InChI=1S/C55H111N2O6P/c1-6-8-10-12-14-16-17-18-19-20-21-22-23-24-25-26-27-28-29-30-31-32-33-34-35-36-37-38-39-41-43-45-47-49-55(59)56-53(52-63-64(60,61)62-51-50-57(3,4)5)54(58)48-46-44-42-40-15-13-11-9-7-2/h46,48,53-54,58H,6-45,47,49-52H2,1-5H3,(H-,56,59,60,61)/p+1/b48-46+. The van der Waals surface area contributed by atoms with Gasteiger partial charge in [-0.15, -0.1) is 0 Å². The smallest absolute Gasteiger partial charge is 0.387 e. The number of phosphoric ester groups is 1. The first-order valence-electron chi connectivity index (χ1n) is 28.1. The SMILES string of the molecule is CCCCCCCCC/C=C/C(O)C(COP(=O)(O)OCC[N+](C)(C)C)NC(=O)CCCCCCCCCCCCCCCCCCCCCCCCCCCCCCCCCCC. The van der Waals surface area contributed by atoms with Crippen LogP contribution >= 0.6 is 7.82 Å². The van der Waals surface area contributed by atoms with Gasteiger partial charge in [0.1, 0.15) is 13.2 Å². The van der Waals surface area contributed by atoms with Crippen LogP contribution in [0.15, 0.2) is 12.2 Å².